The highest BCUT2D eigenvalue weighted by Gasteiger charge is 2.17. The lowest BCUT2D eigenvalue weighted by Crippen LogP contribution is -2.51. The third-order valence-corrected chi connectivity index (χ3v) is 2.05. The molecule has 0 aromatic carbocycles. The molecule has 0 unspecified atom stereocenters. The van der Waals surface area contributed by atoms with Gasteiger partial charge in [0.1, 0.15) is 0 Å². The normalized spacial score (nSPS) is 16.1. The Bertz CT molecular complexity index is 330. The number of methoxy groups -OCH3 is 1. The van der Waals surface area contributed by atoms with Gasteiger partial charge in [-0.15, -0.1) is 0 Å². The number of aromatic nitrogens is 3. The van der Waals surface area contributed by atoms with Crippen LogP contribution in [0.3, 0.4) is 0 Å². The summed E-state index contributed by atoms with van der Waals surface area (Å²) in [6, 6.07) is 0.581. The standard InChI is InChI=1S/C7H10ClN5O/c1-14-7-12-5(8)11-6(13-7)10-4-2-9-3-4/h4,9H,2-3H2,1H3,(H,10,11,12,13). The number of anilines is 1. The summed E-state index contributed by atoms with van der Waals surface area (Å²) in [7, 11) is 1.49. The Hall–Kier alpha value is -1.14. The summed E-state index contributed by atoms with van der Waals surface area (Å²) in [4.78, 5) is 11.7. The number of rotatable bonds is 3. The molecule has 0 aliphatic carbocycles. The number of hydrogen-bond acceptors (Lipinski definition) is 6. The van der Waals surface area contributed by atoms with E-state index in [4.69, 9.17) is 16.3 Å². The van der Waals surface area contributed by atoms with E-state index in [-0.39, 0.29) is 11.3 Å². The first-order chi connectivity index (χ1) is 6.78. The SMILES string of the molecule is COc1nc(Cl)nc(NC2CNC2)n1. The monoisotopic (exact) mass is 215 g/mol. The fourth-order valence-corrected chi connectivity index (χ4v) is 1.21. The number of halogens is 1. The van der Waals surface area contributed by atoms with E-state index in [9.17, 15) is 0 Å². The Morgan fingerprint density at radius 2 is 2.21 bits per heavy atom. The molecule has 1 aromatic heterocycles. The summed E-state index contributed by atoms with van der Waals surface area (Å²) < 4.78 is 4.87. The smallest absolute Gasteiger partial charge is 0.322 e. The van der Waals surface area contributed by atoms with E-state index in [1.165, 1.54) is 7.11 Å². The minimum Gasteiger partial charge on any atom is -0.467 e. The van der Waals surface area contributed by atoms with Gasteiger partial charge in [-0.05, 0) is 11.6 Å². The minimum atomic E-state index is 0.131. The van der Waals surface area contributed by atoms with E-state index >= 15 is 0 Å². The zero-order chi connectivity index (χ0) is 9.97. The Balaban J connectivity index is 2.11. The van der Waals surface area contributed by atoms with Crippen molar-refractivity contribution in [3.63, 3.8) is 0 Å². The van der Waals surface area contributed by atoms with Crippen LogP contribution in [-0.2, 0) is 0 Å². The van der Waals surface area contributed by atoms with Crippen LogP contribution < -0.4 is 15.4 Å². The van der Waals surface area contributed by atoms with Crippen molar-refractivity contribution in [3.05, 3.63) is 5.28 Å². The number of hydrogen-bond donors (Lipinski definition) is 2. The molecule has 1 aromatic rings. The summed E-state index contributed by atoms with van der Waals surface area (Å²) in [5, 5.41) is 6.36. The van der Waals surface area contributed by atoms with Crippen LogP contribution in [-0.4, -0.2) is 41.2 Å². The van der Waals surface area contributed by atoms with Gasteiger partial charge in [0.05, 0.1) is 13.2 Å². The van der Waals surface area contributed by atoms with E-state index in [2.05, 4.69) is 25.6 Å². The Morgan fingerprint density at radius 1 is 1.43 bits per heavy atom. The molecule has 2 heterocycles. The molecule has 2 N–H and O–H groups in total. The lowest BCUT2D eigenvalue weighted by molar-refractivity contribution is 0.378. The van der Waals surface area contributed by atoms with Gasteiger partial charge in [0.2, 0.25) is 11.2 Å². The van der Waals surface area contributed by atoms with Crippen molar-refractivity contribution in [3.8, 4) is 6.01 Å². The molecule has 2 rings (SSSR count). The first-order valence-corrected chi connectivity index (χ1v) is 4.58. The van der Waals surface area contributed by atoms with Crippen LogP contribution in [0.1, 0.15) is 0 Å². The summed E-state index contributed by atoms with van der Waals surface area (Å²) in [5.74, 6) is 0.452. The zero-order valence-electron chi connectivity index (χ0n) is 7.62. The molecule has 1 saturated heterocycles. The predicted octanol–water partition coefficient (Wildman–Crippen LogP) is -0.0827. The third-order valence-electron chi connectivity index (χ3n) is 1.88. The summed E-state index contributed by atoms with van der Waals surface area (Å²) in [5.41, 5.74) is 0. The van der Waals surface area contributed by atoms with Gasteiger partial charge in [-0.2, -0.15) is 15.0 Å². The van der Waals surface area contributed by atoms with Crippen LogP contribution >= 0.6 is 11.6 Å². The van der Waals surface area contributed by atoms with Crippen LogP contribution in [0, 0.1) is 0 Å². The van der Waals surface area contributed by atoms with Crippen LogP contribution in [0.15, 0.2) is 0 Å². The highest BCUT2D eigenvalue weighted by molar-refractivity contribution is 6.28. The predicted molar refractivity (Wildman–Crippen MR) is 51.7 cm³/mol. The quantitative estimate of drug-likeness (QED) is 0.735. The second kappa shape index (κ2) is 3.93. The lowest BCUT2D eigenvalue weighted by atomic mass is 10.2. The van der Waals surface area contributed by atoms with Crippen molar-refractivity contribution < 1.29 is 4.74 Å². The maximum atomic E-state index is 5.68. The molecule has 0 atom stereocenters. The van der Waals surface area contributed by atoms with Gasteiger partial charge >= 0.3 is 6.01 Å². The molecule has 6 nitrogen and oxygen atoms in total. The minimum absolute atomic E-state index is 0.131. The van der Waals surface area contributed by atoms with Crippen molar-refractivity contribution >= 4 is 17.5 Å². The second-order valence-electron chi connectivity index (χ2n) is 2.91. The lowest BCUT2D eigenvalue weighted by Gasteiger charge is -2.27. The fraction of sp³-hybridized carbons (Fsp3) is 0.571. The van der Waals surface area contributed by atoms with Gasteiger partial charge in [-0.25, -0.2) is 0 Å². The molecule has 0 radical (unpaired) electrons. The van der Waals surface area contributed by atoms with Gasteiger partial charge in [-0.1, -0.05) is 0 Å². The Kier molecular flexibility index (Phi) is 2.64. The Labute approximate surface area is 86.1 Å². The Morgan fingerprint density at radius 3 is 2.79 bits per heavy atom. The number of ether oxygens (including phenoxy) is 1. The number of nitrogens with zero attached hydrogens (tertiary/aromatic N) is 3. The molecule has 1 fully saturated rings. The highest BCUT2D eigenvalue weighted by Crippen LogP contribution is 2.12. The van der Waals surface area contributed by atoms with Crippen LogP contribution in [0.4, 0.5) is 5.95 Å². The fourth-order valence-electron chi connectivity index (χ4n) is 1.06. The van der Waals surface area contributed by atoms with E-state index in [0.29, 0.717) is 12.0 Å². The molecule has 0 bridgehead atoms. The largest absolute Gasteiger partial charge is 0.467 e. The van der Waals surface area contributed by atoms with E-state index in [1.54, 1.807) is 0 Å². The molecule has 1 aliphatic heterocycles. The molecule has 0 spiro atoms. The zero-order valence-corrected chi connectivity index (χ0v) is 8.38. The molecule has 76 valence electrons. The topological polar surface area (TPSA) is 72.0 Å². The first-order valence-electron chi connectivity index (χ1n) is 4.21. The average molecular weight is 216 g/mol. The number of nitrogens with one attached hydrogen (secondary N) is 2. The molecule has 0 amide bonds. The van der Waals surface area contributed by atoms with Gasteiger partial charge in [0.25, 0.3) is 0 Å². The van der Waals surface area contributed by atoms with Crippen molar-refractivity contribution in [2.75, 3.05) is 25.5 Å². The van der Waals surface area contributed by atoms with Crippen LogP contribution in [0.5, 0.6) is 6.01 Å². The first kappa shape index (κ1) is 9.42. The van der Waals surface area contributed by atoms with Gasteiger partial charge in [-0.3, -0.25) is 0 Å². The van der Waals surface area contributed by atoms with E-state index in [0.717, 1.165) is 13.1 Å². The van der Waals surface area contributed by atoms with Crippen molar-refractivity contribution in [1.29, 1.82) is 0 Å². The summed E-state index contributed by atoms with van der Waals surface area (Å²) >= 11 is 5.68. The van der Waals surface area contributed by atoms with E-state index < -0.39 is 0 Å². The molecule has 14 heavy (non-hydrogen) atoms. The summed E-state index contributed by atoms with van der Waals surface area (Å²) in [6.45, 7) is 1.82. The van der Waals surface area contributed by atoms with Crippen LogP contribution in [0.25, 0.3) is 0 Å². The second-order valence-corrected chi connectivity index (χ2v) is 3.25. The maximum absolute atomic E-state index is 5.68. The van der Waals surface area contributed by atoms with Gasteiger partial charge < -0.3 is 15.4 Å². The molecule has 7 heteroatoms. The average Bonchev–Trinajstić information content (AvgIpc) is 2.10. The molecule has 1 aliphatic rings. The highest BCUT2D eigenvalue weighted by atomic mass is 35.5. The maximum Gasteiger partial charge on any atom is 0.322 e. The van der Waals surface area contributed by atoms with Crippen molar-refractivity contribution in [2.24, 2.45) is 0 Å². The van der Waals surface area contributed by atoms with Crippen LogP contribution in [0.2, 0.25) is 5.28 Å². The van der Waals surface area contributed by atoms with Gasteiger partial charge in [0, 0.05) is 13.1 Å². The summed E-state index contributed by atoms with van der Waals surface area (Å²) in [6.07, 6.45) is 0. The molecular weight excluding hydrogens is 206 g/mol. The third kappa shape index (κ3) is 2.02. The van der Waals surface area contributed by atoms with Gasteiger partial charge in [0.15, 0.2) is 0 Å². The van der Waals surface area contributed by atoms with Crippen molar-refractivity contribution in [2.45, 2.75) is 6.04 Å². The molecule has 0 saturated carbocycles. The molecular formula is C7H10ClN5O. The van der Waals surface area contributed by atoms with E-state index in [1.807, 2.05) is 0 Å². The van der Waals surface area contributed by atoms with Crippen molar-refractivity contribution in [1.82, 2.24) is 20.3 Å².